The molecular weight excluding hydrogens is 384 g/mol. The van der Waals surface area contributed by atoms with E-state index in [2.05, 4.69) is 27.7 Å². The van der Waals surface area contributed by atoms with Crippen LogP contribution in [0.5, 0.6) is 0 Å². The largest absolute Gasteiger partial charge is 0.390 e. The maximum absolute atomic E-state index is 12.4. The second-order valence-electron chi connectivity index (χ2n) is 11.0. The molecular formula is C28H48O3. The Balaban J connectivity index is 2.27. The lowest BCUT2D eigenvalue weighted by Crippen LogP contribution is -2.26. The van der Waals surface area contributed by atoms with Crippen LogP contribution >= 0.6 is 0 Å². The zero-order valence-electron chi connectivity index (χ0n) is 21.4. The normalized spacial score (nSPS) is 18.9. The second kappa shape index (κ2) is 13.4. The molecule has 178 valence electrons. The Morgan fingerprint density at radius 3 is 1.90 bits per heavy atom. The number of aliphatic hydroxyl groups is 1. The van der Waals surface area contributed by atoms with E-state index in [1.807, 2.05) is 6.92 Å². The fraction of sp³-hybridized carbons (Fsp3) is 0.786. The van der Waals surface area contributed by atoms with E-state index in [0.29, 0.717) is 35.5 Å². The molecule has 3 heteroatoms. The highest BCUT2D eigenvalue weighted by molar-refractivity contribution is 6.22. The molecule has 0 heterocycles. The Labute approximate surface area is 191 Å². The maximum Gasteiger partial charge on any atom is 0.185 e. The number of Topliss-reactive ketones (excluding diaryl/α,β-unsaturated/α-hetero) is 1. The van der Waals surface area contributed by atoms with Crippen LogP contribution in [0.1, 0.15) is 119 Å². The van der Waals surface area contributed by atoms with Crippen LogP contribution in [0.15, 0.2) is 22.8 Å². The second-order valence-corrected chi connectivity index (χ2v) is 11.0. The summed E-state index contributed by atoms with van der Waals surface area (Å²) in [6.45, 7) is 14.6. The third kappa shape index (κ3) is 10.8. The van der Waals surface area contributed by atoms with Gasteiger partial charge in [-0.25, -0.2) is 0 Å². The van der Waals surface area contributed by atoms with E-state index in [-0.39, 0.29) is 11.6 Å². The highest BCUT2D eigenvalue weighted by Crippen LogP contribution is 2.29. The van der Waals surface area contributed by atoms with Gasteiger partial charge in [0.1, 0.15) is 0 Å². The molecule has 0 saturated heterocycles. The summed E-state index contributed by atoms with van der Waals surface area (Å²) in [4.78, 5) is 24.4. The molecule has 1 N–H and O–H groups in total. The molecule has 0 saturated carbocycles. The number of ketones is 2. The van der Waals surface area contributed by atoms with E-state index in [1.54, 1.807) is 13.8 Å². The molecule has 1 aliphatic carbocycles. The summed E-state index contributed by atoms with van der Waals surface area (Å²) in [6.07, 6.45) is 13.3. The van der Waals surface area contributed by atoms with Crippen LogP contribution in [-0.2, 0) is 9.59 Å². The molecule has 3 atom stereocenters. The van der Waals surface area contributed by atoms with E-state index < -0.39 is 5.60 Å². The summed E-state index contributed by atoms with van der Waals surface area (Å²) in [7, 11) is 0. The lowest BCUT2D eigenvalue weighted by Gasteiger charge is -2.25. The van der Waals surface area contributed by atoms with Crippen LogP contribution in [-0.4, -0.2) is 22.3 Å². The lowest BCUT2D eigenvalue weighted by molar-refractivity contribution is -0.116. The van der Waals surface area contributed by atoms with Crippen LogP contribution < -0.4 is 0 Å². The smallest absolute Gasteiger partial charge is 0.185 e. The van der Waals surface area contributed by atoms with E-state index in [9.17, 15) is 14.7 Å². The fourth-order valence-electron chi connectivity index (χ4n) is 4.56. The average Bonchev–Trinajstić information content (AvgIpc) is 2.66. The number of hydrogen-bond donors (Lipinski definition) is 1. The van der Waals surface area contributed by atoms with E-state index in [4.69, 9.17) is 0 Å². The van der Waals surface area contributed by atoms with Crippen molar-refractivity contribution in [3.05, 3.63) is 22.8 Å². The summed E-state index contributed by atoms with van der Waals surface area (Å²) in [5, 5.41) is 10.8. The Morgan fingerprint density at radius 2 is 1.35 bits per heavy atom. The van der Waals surface area contributed by atoms with Gasteiger partial charge < -0.3 is 5.11 Å². The molecule has 0 aromatic rings. The van der Waals surface area contributed by atoms with Crippen molar-refractivity contribution in [2.75, 3.05) is 0 Å². The molecule has 1 aliphatic rings. The quantitative estimate of drug-likeness (QED) is 0.275. The predicted molar refractivity (Wildman–Crippen MR) is 131 cm³/mol. The van der Waals surface area contributed by atoms with Crippen molar-refractivity contribution in [1.82, 2.24) is 0 Å². The number of carbonyl (C=O) groups excluding carboxylic acids is 2. The van der Waals surface area contributed by atoms with Gasteiger partial charge in [0.05, 0.1) is 5.60 Å². The molecule has 0 unspecified atom stereocenters. The molecule has 3 nitrogen and oxygen atoms in total. The predicted octanol–water partition coefficient (Wildman–Crippen LogP) is 7.37. The van der Waals surface area contributed by atoms with E-state index in [1.165, 1.54) is 44.6 Å². The van der Waals surface area contributed by atoms with Crippen LogP contribution in [0.3, 0.4) is 0 Å². The summed E-state index contributed by atoms with van der Waals surface area (Å²) in [5.74, 6) is 2.22. The summed E-state index contributed by atoms with van der Waals surface area (Å²) in [6, 6.07) is 0. The molecule has 0 spiro atoms. The monoisotopic (exact) mass is 432 g/mol. The van der Waals surface area contributed by atoms with Crippen molar-refractivity contribution in [2.45, 2.75) is 125 Å². The average molecular weight is 433 g/mol. The van der Waals surface area contributed by atoms with Crippen LogP contribution in [0.2, 0.25) is 0 Å². The number of rotatable bonds is 15. The summed E-state index contributed by atoms with van der Waals surface area (Å²) in [5.41, 5.74) is 0.837. The zero-order chi connectivity index (χ0) is 23.6. The topological polar surface area (TPSA) is 54.4 Å². The maximum atomic E-state index is 12.4. The highest BCUT2D eigenvalue weighted by Gasteiger charge is 2.27. The van der Waals surface area contributed by atoms with Gasteiger partial charge in [-0.15, -0.1) is 0 Å². The van der Waals surface area contributed by atoms with Crippen molar-refractivity contribution >= 4 is 11.6 Å². The first kappa shape index (κ1) is 27.8. The molecule has 1 rings (SSSR count). The molecule has 0 aromatic carbocycles. The van der Waals surface area contributed by atoms with Gasteiger partial charge in [-0.2, -0.15) is 0 Å². The van der Waals surface area contributed by atoms with Gasteiger partial charge in [-0.3, -0.25) is 9.59 Å². The first-order valence-corrected chi connectivity index (χ1v) is 12.6. The zero-order valence-corrected chi connectivity index (χ0v) is 21.4. The lowest BCUT2D eigenvalue weighted by atomic mass is 9.84. The third-order valence-electron chi connectivity index (χ3n) is 7.00. The van der Waals surface area contributed by atoms with Gasteiger partial charge in [0.25, 0.3) is 0 Å². The van der Waals surface area contributed by atoms with Crippen molar-refractivity contribution < 1.29 is 14.7 Å². The van der Waals surface area contributed by atoms with E-state index >= 15 is 0 Å². The number of hydrogen-bond acceptors (Lipinski definition) is 3. The van der Waals surface area contributed by atoms with Gasteiger partial charge in [-0.1, -0.05) is 79.1 Å². The van der Waals surface area contributed by atoms with E-state index in [0.717, 1.165) is 31.1 Å². The van der Waals surface area contributed by atoms with Crippen molar-refractivity contribution in [3.8, 4) is 0 Å². The molecule has 0 aliphatic heterocycles. The van der Waals surface area contributed by atoms with Gasteiger partial charge in [0, 0.05) is 16.7 Å². The van der Waals surface area contributed by atoms with Gasteiger partial charge in [0.2, 0.25) is 0 Å². The van der Waals surface area contributed by atoms with Crippen molar-refractivity contribution in [2.24, 2.45) is 17.8 Å². The number of allylic oxidation sites excluding steroid dienone is 4. The van der Waals surface area contributed by atoms with Gasteiger partial charge in [0.15, 0.2) is 11.6 Å². The fourth-order valence-corrected chi connectivity index (χ4v) is 4.56. The molecule has 0 fully saturated rings. The standard InChI is InChI=1S/C28H48O3/c1-20(2)11-8-12-21(3)13-9-14-22(4)15-10-17-28(7,31)18-16-25-24(6)26(29)19-23(5)27(25)30/h19-22,31H,8-18H2,1-7H3/t21-,22-,28-/m1/s1. The molecule has 0 amide bonds. The Morgan fingerprint density at radius 1 is 0.839 bits per heavy atom. The Hall–Kier alpha value is -1.22. The van der Waals surface area contributed by atoms with Crippen LogP contribution in [0, 0.1) is 17.8 Å². The van der Waals surface area contributed by atoms with Gasteiger partial charge >= 0.3 is 0 Å². The van der Waals surface area contributed by atoms with Crippen LogP contribution in [0.25, 0.3) is 0 Å². The first-order valence-electron chi connectivity index (χ1n) is 12.6. The summed E-state index contributed by atoms with van der Waals surface area (Å²) >= 11 is 0. The molecule has 31 heavy (non-hydrogen) atoms. The number of carbonyl (C=O) groups is 2. The Bertz CT molecular complexity index is 651. The summed E-state index contributed by atoms with van der Waals surface area (Å²) < 4.78 is 0. The van der Waals surface area contributed by atoms with Crippen LogP contribution in [0.4, 0.5) is 0 Å². The van der Waals surface area contributed by atoms with Gasteiger partial charge in [-0.05, 0) is 63.9 Å². The third-order valence-corrected chi connectivity index (χ3v) is 7.00. The van der Waals surface area contributed by atoms with Crippen molar-refractivity contribution in [3.63, 3.8) is 0 Å². The molecule has 0 bridgehead atoms. The minimum atomic E-state index is -0.795. The highest BCUT2D eigenvalue weighted by atomic mass is 16.3. The SMILES string of the molecule is CC1=CC(=O)C(C)=C(CC[C@](C)(O)CCC[C@H](C)CCC[C@H](C)CCCC(C)C)C1=O. The molecule has 0 aromatic heterocycles. The molecule has 0 radical (unpaired) electrons. The minimum Gasteiger partial charge on any atom is -0.390 e. The minimum absolute atomic E-state index is 0.0417. The first-order chi connectivity index (χ1) is 14.4. The van der Waals surface area contributed by atoms with Crippen molar-refractivity contribution in [1.29, 1.82) is 0 Å². The Kier molecular flexibility index (Phi) is 12.0.